The van der Waals surface area contributed by atoms with E-state index >= 15 is 0 Å². The minimum Gasteiger partial charge on any atom is -0.325 e. The zero-order chi connectivity index (χ0) is 11.4. The second-order valence-electron chi connectivity index (χ2n) is 1.83. The van der Waals surface area contributed by atoms with Gasteiger partial charge in [-0.2, -0.15) is 0 Å². The number of hydrazine groups is 1. The number of nitrogens with one attached hydrogen (secondary N) is 2. The van der Waals surface area contributed by atoms with Gasteiger partial charge in [-0.3, -0.25) is 0 Å². The molecule has 2 N–H and O–H groups in total. The molecule has 0 aromatic heterocycles. The van der Waals surface area contributed by atoms with Crippen molar-refractivity contribution in [3.63, 3.8) is 0 Å². The number of hydrogen-bond donors (Lipinski definition) is 2. The normalized spacial score (nSPS) is 66.0. The number of allylic oxidation sites excluding steroid dienone is 3. The Bertz CT molecular complexity index is 353. The van der Waals surface area contributed by atoms with Crippen LogP contribution in [0.5, 0.6) is 0 Å². The first kappa shape index (κ1) is 1.86. The van der Waals surface area contributed by atoms with Gasteiger partial charge in [-0.1, -0.05) is 12.2 Å². The zero-order valence-electron chi connectivity index (χ0n) is 10.7. The van der Waals surface area contributed by atoms with E-state index < -0.39 is 18.8 Å². The summed E-state index contributed by atoms with van der Waals surface area (Å²) in [4.78, 5) is 0. The van der Waals surface area contributed by atoms with Crippen LogP contribution in [0.4, 0.5) is 0 Å². The van der Waals surface area contributed by atoms with Gasteiger partial charge in [0, 0.05) is 23.6 Å². The van der Waals surface area contributed by atoms with Gasteiger partial charge in [0.25, 0.3) is 0 Å². The summed E-state index contributed by atoms with van der Waals surface area (Å²) >= 11 is 0. The predicted molar refractivity (Wildman–Crippen MR) is 36.5 cm³/mol. The van der Waals surface area contributed by atoms with Crippen molar-refractivity contribution in [2.45, 2.75) is 6.40 Å². The van der Waals surface area contributed by atoms with E-state index in [1.165, 1.54) is 18.2 Å². The molecular weight excluding hydrogens is 112 g/mol. The van der Waals surface area contributed by atoms with Crippen LogP contribution in [0, 0.1) is 5.89 Å². The Morgan fingerprint density at radius 3 is 3.89 bits per heavy atom. The Morgan fingerprint density at radius 2 is 3.00 bits per heavy atom. The molecule has 0 aromatic carbocycles. The van der Waals surface area contributed by atoms with Gasteiger partial charge in [-0.25, -0.2) is 5.42 Å². The van der Waals surface area contributed by atoms with E-state index in [9.17, 15) is 0 Å². The van der Waals surface area contributed by atoms with Crippen molar-refractivity contribution in [2.75, 3.05) is 6.50 Å². The minimum atomic E-state index is -2.38. The third-order valence-corrected chi connectivity index (χ3v) is 1.23. The number of hydrogen-bond acceptors (Lipinski definition) is 2. The molecule has 2 nitrogen and oxygen atoms in total. The summed E-state index contributed by atoms with van der Waals surface area (Å²) in [7, 11) is 0. The summed E-state index contributed by atoms with van der Waals surface area (Å²) in [5.41, 5.74) is 0.836. The highest BCUT2D eigenvalue weighted by molar-refractivity contribution is 5.21. The Hall–Kier alpha value is -0.760. The molecule has 1 aliphatic heterocycles. The van der Waals surface area contributed by atoms with Crippen LogP contribution in [0.25, 0.3) is 0 Å². The molecule has 0 radical (unpaired) electrons. The fraction of sp³-hybridized carbons (Fsp3) is 0.429. The van der Waals surface area contributed by atoms with E-state index in [-0.39, 0.29) is 5.70 Å². The number of rotatable bonds is 0. The minimum absolute atomic E-state index is 0.0185. The van der Waals surface area contributed by atoms with E-state index in [0.29, 0.717) is 10.8 Å². The van der Waals surface area contributed by atoms with Crippen molar-refractivity contribution in [1.82, 2.24) is 10.8 Å². The average molecular weight is 128 g/mol. The molecule has 2 aliphatic rings. The monoisotopic (exact) mass is 128 g/mol. The van der Waals surface area contributed by atoms with Gasteiger partial charge in [0.1, 0.15) is 1.41 Å². The van der Waals surface area contributed by atoms with Gasteiger partial charge in [-0.15, -0.1) is 0 Å². The molecule has 2 rings (SSSR count). The fourth-order valence-corrected chi connectivity index (χ4v) is 0.788. The van der Waals surface area contributed by atoms with E-state index in [1.807, 2.05) is 0 Å². The van der Waals surface area contributed by atoms with Crippen LogP contribution in [0.15, 0.2) is 23.9 Å². The smallest absolute Gasteiger partial charge is 0.181 e. The highest BCUT2D eigenvalue weighted by Gasteiger charge is 2.19. The van der Waals surface area contributed by atoms with Crippen molar-refractivity contribution >= 4 is 0 Å². The summed E-state index contributed by atoms with van der Waals surface area (Å²) in [6.07, 6.45) is 3.19. The Labute approximate surface area is 63.2 Å². The lowest BCUT2D eigenvalue weighted by Crippen LogP contribution is -2.20. The quantitative estimate of drug-likeness (QED) is 0.498. The number of fused-ring (bicyclic) bond motifs is 1. The maximum atomic E-state index is 8.00. The van der Waals surface area contributed by atoms with Gasteiger partial charge in [0.05, 0.1) is 0 Å². The van der Waals surface area contributed by atoms with Crippen molar-refractivity contribution in [2.24, 2.45) is 5.89 Å². The highest BCUT2D eigenvalue weighted by atomic mass is 15.4. The van der Waals surface area contributed by atoms with E-state index in [1.54, 1.807) is 0 Å². The first-order chi connectivity index (χ1) is 6.83. The molecule has 2 atom stereocenters. The first-order valence-corrected chi connectivity index (χ1v) is 2.72. The van der Waals surface area contributed by atoms with E-state index in [2.05, 4.69) is 0 Å². The van der Waals surface area contributed by atoms with Gasteiger partial charge in [0.15, 0.2) is 1.41 Å². The van der Waals surface area contributed by atoms with Gasteiger partial charge < -0.3 is 5.42 Å². The highest BCUT2D eigenvalue weighted by Crippen LogP contribution is 2.19. The van der Waals surface area contributed by atoms with E-state index in [0.717, 1.165) is 0 Å². The molecular formula is C7H10N2. The Kier molecular flexibility index (Phi) is 0.389. The van der Waals surface area contributed by atoms with Crippen molar-refractivity contribution in [3.8, 4) is 0 Å². The second kappa shape index (κ2) is 1.88. The van der Waals surface area contributed by atoms with Crippen molar-refractivity contribution < 1.29 is 8.31 Å². The lowest BCUT2D eigenvalue weighted by Gasteiger charge is -2.08. The van der Waals surface area contributed by atoms with E-state index in [4.69, 9.17) is 8.31 Å². The standard InChI is InChI=1S/C7H10N2/c1-2-4-7-6(3-1)5-8-9-7/h1-2,4,6,8-9H,3,5H2/i3D,5D2,6D/hD2. The molecule has 2 unspecified atom stereocenters. The molecule has 1 fully saturated rings. The van der Waals surface area contributed by atoms with Crippen LogP contribution in [-0.2, 0) is 0 Å². The maximum Gasteiger partial charge on any atom is 0.181 e. The van der Waals surface area contributed by atoms with Gasteiger partial charge >= 0.3 is 0 Å². The Balaban J connectivity index is 2.59. The summed E-state index contributed by atoms with van der Waals surface area (Å²) in [5.74, 6) is -1.91. The fourth-order valence-electron chi connectivity index (χ4n) is 0.788. The summed E-state index contributed by atoms with van der Waals surface area (Å²) in [5, 5.41) is 0. The molecule has 9 heavy (non-hydrogen) atoms. The lowest BCUT2D eigenvalue weighted by atomic mass is 9.99. The summed E-state index contributed by atoms with van der Waals surface area (Å²) < 4.78 is 45.8. The Morgan fingerprint density at radius 1 is 2.00 bits per heavy atom. The molecule has 0 aromatic rings. The third kappa shape index (κ3) is 0.754. The first-order valence-electron chi connectivity index (χ1n) is 5.70. The maximum absolute atomic E-state index is 8.00. The lowest BCUT2D eigenvalue weighted by molar-refractivity contribution is 0.651. The van der Waals surface area contributed by atoms with Gasteiger partial charge in [-0.05, 0) is 12.5 Å². The van der Waals surface area contributed by atoms with Crippen molar-refractivity contribution in [1.29, 1.82) is 0 Å². The molecule has 0 bridgehead atoms. The average Bonchev–Trinajstić information content (AvgIpc) is 2.30. The summed E-state index contributed by atoms with van der Waals surface area (Å²) in [6.45, 7) is -2.38. The molecule has 0 saturated carbocycles. The van der Waals surface area contributed by atoms with Crippen LogP contribution in [-0.4, -0.2) is 6.50 Å². The SMILES string of the molecule is [2H]C1C=CC=C2N([2H])N([2H])C([2H])([2H])C21[2H]. The largest absolute Gasteiger partial charge is 0.325 e. The van der Waals surface area contributed by atoms with Gasteiger partial charge in [0.2, 0.25) is 0 Å². The van der Waals surface area contributed by atoms with Crippen molar-refractivity contribution in [3.05, 3.63) is 23.9 Å². The van der Waals surface area contributed by atoms with Crippen LogP contribution in [0.1, 0.15) is 11.9 Å². The molecule has 1 saturated heterocycles. The summed E-state index contributed by atoms with van der Waals surface area (Å²) in [6, 6.07) is 0. The topological polar surface area (TPSA) is 24.1 Å². The molecule has 48 valence electrons. The molecule has 1 aliphatic carbocycles. The van der Waals surface area contributed by atoms with Crippen LogP contribution in [0.2, 0.25) is 2.82 Å². The van der Waals surface area contributed by atoms with Crippen LogP contribution < -0.4 is 10.8 Å². The van der Waals surface area contributed by atoms with Crippen LogP contribution in [0.3, 0.4) is 0 Å². The predicted octanol–water partition coefficient (Wildman–Crippen LogP) is 0.554. The molecule has 0 amide bonds. The zero-order valence-corrected chi connectivity index (χ0v) is 4.70. The molecule has 0 spiro atoms. The molecule has 1 heterocycles. The third-order valence-electron chi connectivity index (χ3n) is 1.23. The van der Waals surface area contributed by atoms with Crippen LogP contribution >= 0.6 is 0 Å². The molecule has 2 heteroatoms. The second-order valence-corrected chi connectivity index (χ2v) is 1.83.